The maximum absolute atomic E-state index is 11.5. The lowest BCUT2D eigenvalue weighted by Crippen LogP contribution is -2.35. The van der Waals surface area contributed by atoms with Crippen molar-refractivity contribution in [3.63, 3.8) is 0 Å². The molecule has 0 aliphatic heterocycles. The van der Waals surface area contributed by atoms with Gasteiger partial charge in [0.25, 0.3) is 0 Å². The summed E-state index contributed by atoms with van der Waals surface area (Å²) in [7, 11) is 1.37. The van der Waals surface area contributed by atoms with Crippen molar-refractivity contribution < 1.29 is 9.53 Å². The minimum atomic E-state index is -0.353. The van der Waals surface area contributed by atoms with Crippen LogP contribution < -0.4 is 5.32 Å². The molecule has 0 unspecified atom stereocenters. The number of hydrogen-bond acceptors (Lipinski definition) is 5. The standard InChI is InChI=1S/C13H16N4O2/c1-19-13(18)9-5-6-11-15-16-12(17(11)8-9)7-14-10-3-2-4-10/h5-6,8,10,14H,2-4,7H2,1H3. The Hall–Kier alpha value is -1.95. The number of methoxy groups -OCH3 is 1. The van der Waals surface area contributed by atoms with Gasteiger partial charge >= 0.3 is 5.97 Å². The Bertz CT molecular complexity index is 604. The fourth-order valence-electron chi connectivity index (χ4n) is 2.15. The maximum atomic E-state index is 11.5. The predicted octanol–water partition coefficient (Wildman–Crippen LogP) is 1.16. The highest BCUT2D eigenvalue weighted by Gasteiger charge is 2.17. The first-order valence-corrected chi connectivity index (χ1v) is 6.43. The molecule has 19 heavy (non-hydrogen) atoms. The summed E-state index contributed by atoms with van der Waals surface area (Å²) in [5.74, 6) is 0.459. The molecule has 0 radical (unpaired) electrons. The molecule has 0 bridgehead atoms. The minimum Gasteiger partial charge on any atom is -0.465 e. The van der Waals surface area contributed by atoms with Crippen LogP contribution in [-0.4, -0.2) is 33.7 Å². The fourth-order valence-corrected chi connectivity index (χ4v) is 2.15. The van der Waals surface area contributed by atoms with E-state index in [-0.39, 0.29) is 5.97 Å². The van der Waals surface area contributed by atoms with Crippen LogP contribution in [0.4, 0.5) is 0 Å². The van der Waals surface area contributed by atoms with Crippen molar-refractivity contribution in [3.05, 3.63) is 29.7 Å². The minimum absolute atomic E-state index is 0.353. The summed E-state index contributed by atoms with van der Waals surface area (Å²) in [4.78, 5) is 11.5. The molecule has 0 aromatic carbocycles. The molecule has 1 saturated carbocycles. The zero-order chi connectivity index (χ0) is 13.2. The van der Waals surface area contributed by atoms with Gasteiger partial charge in [-0.1, -0.05) is 6.42 Å². The number of hydrogen-bond donors (Lipinski definition) is 1. The van der Waals surface area contributed by atoms with Gasteiger partial charge < -0.3 is 10.1 Å². The molecule has 6 nitrogen and oxygen atoms in total. The third-order valence-electron chi connectivity index (χ3n) is 3.55. The van der Waals surface area contributed by atoms with Gasteiger partial charge in [-0.25, -0.2) is 4.79 Å². The van der Waals surface area contributed by atoms with Gasteiger partial charge in [0, 0.05) is 12.2 Å². The molecule has 2 aromatic rings. The Balaban J connectivity index is 1.84. The van der Waals surface area contributed by atoms with Gasteiger partial charge in [-0.2, -0.15) is 0 Å². The summed E-state index contributed by atoms with van der Waals surface area (Å²) in [6.07, 6.45) is 5.47. The van der Waals surface area contributed by atoms with Crippen molar-refractivity contribution in [2.45, 2.75) is 31.8 Å². The molecule has 2 heterocycles. The Morgan fingerprint density at radius 2 is 2.32 bits per heavy atom. The smallest absolute Gasteiger partial charge is 0.339 e. The van der Waals surface area contributed by atoms with Gasteiger partial charge in [0.1, 0.15) is 0 Å². The van der Waals surface area contributed by atoms with Gasteiger partial charge in [-0.05, 0) is 25.0 Å². The quantitative estimate of drug-likeness (QED) is 0.835. The largest absolute Gasteiger partial charge is 0.465 e. The molecule has 0 atom stereocenters. The Morgan fingerprint density at radius 3 is 3.00 bits per heavy atom. The van der Waals surface area contributed by atoms with Crippen LogP contribution in [0.5, 0.6) is 0 Å². The fraction of sp³-hybridized carbons (Fsp3) is 0.462. The molecule has 2 aromatic heterocycles. The van der Waals surface area contributed by atoms with E-state index in [2.05, 4.69) is 15.5 Å². The van der Waals surface area contributed by atoms with Crippen LogP contribution in [0.25, 0.3) is 5.65 Å². The van der Waals surface area contributed by atoms with E-state index in [9.17, 15) is 4.79 Å². The molecule has 1 fully saturated rings. The number of rotatable bonds is 4. The first-order chi connectivity index (χ1) is 9.28. The summed E-state index contributed by atoms with van der Waals surface area (Å²) >= 11 is 0. The van der Waals surface area contributed by atoms with Gasteiger partial charge in [-0.3, -0.25) is 4.40 Å². The highest BCUT2D eigenvalue weighted by molar-refractivity contribution is 5.89. The molecule has 1 N–H and O–H groups in total. The lowest BCUT2D eigenvalue weighted by atomic mass is 9.93. The first kappa shape index (κ1) is 12.1. The van der Waals surface area contributed by atoms with Crippen LogP contribution in [0.2, 0.25) is 0 Å². The van der Waals surface area contributed by atoms with E-state index in [1.54, 1.807) is 18.3 Å². The monoisotopic (exact) mass is 260 g/mol. The Kier molecular flexibility index (Phi) is 3.16. The number of nitrogens with one attached hydrogen (secondary N) is 1. The maximum Gasteiger partial charge on any atom is 0.339 e. The Labute approximate surface area is 110 Å². The van der Waals surface area contributed by atoms with Crippen molar-refractivity contribution in [2.24, 2.45) is 0 Å². The predicted molar refractivity (Wildman–Crippen MR) is 68.8 cm³/mol. The van der Waals surface area contributed by atoms with Crippen LogP contribution in [0, 0.1) is 0 Å². The van der Waals surface area contributed by atoms with Crippen molar-refractivity contribution in [1.82, 2.24) is 19.9 Å². The SMILES string of the molecule is COC(=O)c1ccc2nnc(CNC3CCC3)n2c1. The number of ether oxygens (including phenoxy) is 1. The van der Waals surface area contributed by atoms with Gasteiger partial charge in [0.2, 0.25) is 0 Å². The van der Waals surface area contributed by atoms with E-state index < -0.39 is 0 Å². The number of fused-ring (bicyclic) bond motifs is 1. The number of nitrogens with zero attached hydrogens (tertiary/aromatic N) is 3. The second-order valence-corrected chi connectivity index (χ2v) is 4.76. The van der Waals surface area contributed by atoms with Crippen LogP contribution in [0.1, 0.15) is 35.4 Å². The summed E-state index contributed by atoms with van der Waals surface area (Å²) in [5, 5.41) is 11.7. The summed E-state index contributed by atoms with van der Waals surface area (Å²) in [6, 6.07) is 4.06. The summed E-state index contributed by atoms with van der Waals surface area (Å²) < 4.78 is 6.55. The summed E-state index contributed by atoms with van der Waals surface area (Å²) in [5.41, 5.74) is 1.23. The molecule has 0 amide bonds. The normalized spacial score (nSPS) is 15.4. The third-order valence-corrected chi connectivity index (χ3v) is 3.55. The zero-order valence-electron chi connectivity index (χ0n) is 10.8. The van der Waals surface area contributed by atoms with Gasteiger partial charge in [-0.15, -0.1) is 10.2 Å². The topological polar surface area (TPSA) is 68.5 Å². The average Bonchev–Trinajstić information content (AvgIpc) is 2.78. The highest BCUT2D eigenvalue weighted by Crippen LogP contribution is 2.18. The molecule has 0 saturated heterocycles. The van der Waals surface area contributed by atoms with Crippen molar-refractivity contribution in [2.75, 3.05) is 7.11 Å². The summed E-state index contributed by atoms with van der Waals surface area (Å²) in [6.45, 7) is 0.663. The molecular formula is C13H16N4O2. The number of carbonyl (C=O) groups is 1. The number of aromatic nitrogens is 3. The highest BCUT2D eigenvalue weighted by atomic mass is 16.5. The van der Waals surface area contributed by atoms with E-state index >= 15 is 0 Å². The van der Waals surface area contributed by atoms with E-state index in [1.165, 1.54) is 26.4 Å². The van der Waals surface area contributed by atoms with Crippen molar-refractivity contribution in [3.8, 4) is 0 Å². The van der Waals surface area contributed by atoms with E-state index in [1.807, 2.05) is 4.40 Å². The molecule has 1 aliphatic carbocycles. The number of pyridine rings is 1. The molecule has 3 rings (SSSR count). The Morgan fingerprint density at radius 1 is 1.47 bits per heavy atom. The molecule has 100 valence electrons. The second-order valence-electron chi connectivity index (χ2n) is 4.76. The average molecular weight is 260 g/mol. The van der Waals surface area contributed by atoms with Crippen LogP contribution >= 0.6 is 0 Å². The molecular weight excluding hydrogens is 244 g/mol. The van der Waals surface area contributed by atoms with Crippen LogP contribution in [-0.2, 0) is 11.3 Å². The third kappa shape index (κ3) is 2.31. The molecule has 1 aliphatic rings. The second kappa shape index (κ2) is 4.97. The lowest BCUT2D eigenvalue weighted by Gasteiger charge is -2.26. The number of carbonyl (C=O) groups excluding carboxylic acids is 1. The van der Waals surface area contributed by atoms with E-state index in [0.717, 1.165) is 11.5 Å². The van der Waals surface area contributed by atoms with Crippen LogP contribution in [0.15, 0.2) is 18.3 Å². The van der Waals surface area contributed by atoms with Gasteiger partial charge in [0.05, 0.1) is 19.2 Å². The molecule has 6 heteroatoms. The number of esters is 1. The van der Waals surface area contributed by atoms with Gasteiger partial charge in [0.15, 0.2) is 11.5 Å². The first-order valence-electron chi connectivity index (χ1n) is 6.43. The molecule has 0 spiro atoms. The van der Waals surface area contributed by atoms with E-state index in [0.29, 0.717) is 18.2 Å². The van der Waals surface area contributed by atoms with Crippen molar-refractivity contribution in [1.29, 1.82) is 0 Å². The van der Waals surface area contributed by atoms with Crippen LogP contribution in [0.3, 0.4) is 0 Å². The van der Waals surface area contributed by atoms with Crippen molar-refractivity contribution >= 4 is 11.6 Å². The lowest BCUT2D eigenvalue weighted by molar-refractivity contribution is 0.0600. The zero-order valence-corrected chi connectivity index (χ0v) is 10.8. The van der Waals surface area contributed by atoms with E-state index in [4.69, 9.17) is 4.74 Å².